The highest BCUT2D eigenvalue weighted by Crippen LogP contribution is 2.34. The standard InChI is InChI=1S/C20H16/c1-14-9-10-16-11-12-17(13-20(14)16)19-8-4-6-15-5-2-3-7-18(15)19/h2-9,11-13H,10H2,1H3. The van der Waals surface area contributed by atoms with Gasteiger partial charge in [-0.1, -0.05) is 60.7 Å². The van der Waals surface area contributed by atoms with Crippen LogP contribution in [0.25, 0.3) is 27.5 Å². The molecule has 0 heterocycles. The molecule has 20 heavy (non-hydrogen) atoms. The molecule has 0 nitrogen and oxygen atoms in total. The zero-order valence-electron chi connectivity index (χ0n) is 11.6. The fourth-order valence-electron chi connectivity index (χ4n) is 3.14. The highest BCUT2D eigenvalue weighted by molar-refractivity contribution is 5.97. The molecule has 4 rings (SSSR count). The minimum atomic E-state index is 1.08. The van der Waals surface area contributed by atoms with Crippen LogP contribution in [0.5, 0.6) is 0 Å². The van der Waals surface area contributed by atoms with E-state index in [1.807, 2.05) is 0 Å². The molecule has 0 heteroatoms. The molecule has 96 valence electrons. The lowest BCUT2D eigenvalue weighted by Crippen LogP contribution is -1.86. The molecule has 0 amide bonds. The van der Waals surface area contributed by atoms with Crippen LogP contribution in [0.1, 0.15) is 18.1 Å². The van der Waals surface area contributed by atoms with Gasteiger partial charge in [-0.05, 0) is 58.0 Å². The lowest BCUT2D eigenvalue weighted by Gasteiger charge is -2.10. The third kappa shape index (κ3) is 1.69. The molecule has 3 aromatic rings. The lowest BCUT2D eigenvalue weighted by atomic mass is 9.95. The van der Waals surface area contributed by atoms with E-state index >= 15 is 0 Å². The summed E-state index contributed by atoms with van der Waals surface area (Å²) in [6, 6.07) is 22.0. The lowest BCUT2D eigenvalue weighted by molar-refractivity contribution is 1.31. The molecule has 0 saturated heterocycles. The Bertz CT molecular complexity index is 832. The van der Waals surface area contributed by atoms with Gasteiger partial charge in [-0.25, -0.2) is 0 Å². The van der Waals surface area contributed by atoms with Crippen molar-refractivity contribution in [1.82, 2.24) is 0 Å². The molecule has 0 N–H and O–H groups in total. The molecule has 1 aliphatic carbocycles. The van der Waals surface area contributed by atoms with E-state index in [0.29, 0.717) is 0 Å². The molecular formula is C20H16. The van der Waals surface area contributed by atoms with Crippen molar-refractivity contribution >= 4 is 16.3 Å². The van der Waals surface area contributed by atoms with E-state index in [2.05, 4.69) is 73.7 Å². The summed E-state index contributed by atoms with van der Waals surface area (Å²) in [7, 11) is 0. The smallest absolute Gasteiger partial charge is 0.00855 e. The number of fused-ring (bicyclic) bond motifs is 2. The molecule has 0 aliphatic heterocycles. The van der Waals surface area contributed by atoms with Crippen molar-refractivity contribution in [3.63, 3.8) is 0 Å². The van der Waals surface area contributed by atoms with E-state index in [0.717, 1.165) is 6.42 Å². The van der Waals surface area contributed by atoms with Gasteiger partial charge in [-0.2, -0.15) is 0 Å². The van der Waals surface area contributed by atoms with E-state index in [9.17, 15) is 0 Å². The van der Waals surface area contributed by atoms with E-state index in [1.165, 1.54) is 38.6 Å². The SMILES string of the molecule is CC1=CCc2ccc(-c3cccc4ccccc34)cc21. The van der Waals surface area contributed by atoms with Crippen LogP contribution in [0.4, 0.5) is 0 Å². The monoisotopic (exact) mass is 256 g/mol. The number of allylic oxidation sites excluding steroid dienone is 2. The normalized spacial score (nSPS) is 13.3. The Kier molecular flexibility index (Phi) is 2.50. The van der Waals surface area contributed by atoms with Crippen molar-refractivity contribution in [3.05, 3.63) is 77.9 Å². The van der Waals surface area contributed by atoms with Crippen molar-refractivity contribution in [2.75, 3.05) is 0 Å². The maximum absolute atomic E-state index is 2.34. The number of rotatable bonds is 1. The van der Waals surface area contributed by atoms with E-state index in [4.69, 9.17) is 0 Å². The average molecular weight is 256 g/mol. The molecule has 0 bridgehead atoms. The second kappa shape index (κ2) is 4.35. The zero-order chi connectivity index (χ0) is 13.5. The predicted molar refractivity (Wildman–Crippen MR) is 86.7 cm³/mol. The van der Waals surface area contributed by atoms with Gasteiger partial charge in [-0.15, -0.1) is 0 Å². The maximum Gasteiger partial charge on any atom is -0.00855 e. The van der Waals surface area contributed by atoms with Crippen LogP contribution in [0.15, 0.2) is 66.7 Å². The summed E-state index contributed by atoms with van der Waals surface area (Å²) in [5.74, 6) is 0. The summed E-state index contributed by atoms with van der Waals surface area (Å²) in [4.78, 5) is 0. The Balaban J connectivity index is 1.96. The van der Waals surface area contributed by atoms with Crippen molar-refractivity contribution in [2.24, 2.45) is 0 Å². The Morgan fingerprint density at radius 2 is 1.65 bits per heavy atom. The summed E-state index contributed by atoms with van der Waals surface area (Å²) in [5, 5.41) is 2.63. The van der Waals surface area contributed by atoms with Gasteiger partial charge in [0.15, 0.2) is 0 Å². The third-order valence-corrected chi connectivity index (χ3v) is 4.26. The van der Waals surface area contributed by atoms with Crippen LogP contribution in [0, 0.1) is 0 Å². The minimum Gasteiger partial charge on any atom is -0.0766 e. The number of hydrogen-bond donors (Lipinski definition) is 0. The fourth-order valence-corrected chi connectivity index (χ4v) is 3.14. The Morgan fingerprint density at radius 1 is 0.800 bits per heavy atom. The number of hydrogen-bond acceptors (Lipinski definition) is 0. The summed E-state index contributed by atoms with van der Waals surface area (Å²) in [6.07, 6.45) is 3.40. The van der Waals surface area contributed by atoms with Gasteiger partial charge in [0.05, 0.1) is 0 Å². The van der Waals surface area contributed by atoms with Crippen LogP contribution in [-0.4, -0.2) is 0 Å². The van der Waals surface area contributed by atoms with Gasteiger partial charge in [0, 0.05) is 0 Å². The van der Waals surface area contributed by atoms with Crippen LogP contribution < -0.4 is 0 Å². The van der Waals surface area contributed by atoms with E-state index in [1.54, 1.807) is 0 Å². The fraction of sp³-hybridized carbons (Fsp3) is 0.100. The van der Waals surface area contributed by atoms with Crippen LogP contribution >= 0.6 is 0 Å². The predicted octanol–water partition coefficient (Wildman–Crippen LogP) is 5.47. The summed E-state index contributed by atoms with van der Waals surface area (Å²) >= 11 is 0. The number of benzene rings is 3. The van der Waals surface area contributed by atoms with Crippen LogP contribution in [0.2, 0.25) is 0 Å². The van der Waals surface area contributed by atoms with Gasteiger partial charge < -0.3 is 0 Å². The van der Waals surface area contributed by atoms with Gasteiger partial charge in [0.2, 0.25) is 0 Å². The van der Waals surface area contributed by atoms with Crippen LogP contribution in [-0.2, 0) is 6.42 Å². The summed E-state index contributed by atoms with van der Waals surface area (Å²) in [6.45, 7) is 2.21. The zero-order valence-corrected chi connectivity index (χ0v) is 11.6. The quantitative estimate of drug-likeness (QED) is 0.542. The second-order valence-electron chi connectivity index (χ2n) is 5.49. The molecular weight excluding hydrogens is 240 g/mol. The molecule has 3 aromatic carbocycles. The summed E-state index contributed by atoms with van der Waals surface area (Å²) in [5.41, 5.74) is 6.91. The van der Waals surface area contributed by atoms with Gasteiger partial charge >= 0.3 is 0 Å². The van der Waals surface area contributed by atoms with E-state index < -0.39 is 0 Å². The first-order valence-corrected chi connectivity index (χ1v) is 7.11. The topological polar surface area (TPSA) is 0 Å². The first-order valence-electron chi connectivity index (χ1n) is 7.11. The third-order valence-electron chi connectivity index (χ3n) is 4.26. The highest BCUT2D eigenvalue weighted by Gasteiger charge is 2.12. The van der Waals surface area contributed by atoms with Gasteiger partial charge in [0.25, 0.3) is 0 Å². The van der Waals surface area contributed by atoms with Crippen LogP contribution in [0.3, 0.4) is 0 Å². The molecule has 0 radical (unpaired) electrons. The van der Waals surface area contributed by atoms with Crippen molar-refractivity contribution in [3.8, 4) is 11.1 Å². The molecule has 0 fully saturated rings. The minimum absolute atomic E-state index is 1.08. The molecule has 0 aromatic heterocycles. The molecule has 0 spiro atoms. The van der Waals surface area contributed by atoms with Gasteiger partial charge in [0.1, 0.15) is 0 Å². The molecule has 1 aliphatic rings. The molecule has 0 atom stereocenters. The second-order valence-corrected chi connectivity index (χ2v) is 5.49. The maximum atomic E-state index is 2.34. The van der Waals surface area contributed by atoms with Crippen molar-refractivity contribution in [1.29, 1.82) is 0 Å². The van der Waals surface area contributed by atoms with E-state index in [-0.39, 0.29) is 0 Å². The molecule has 0 unspecified atom stereocenters. The summed E-state index contributed by atoms with van der Waals surface area (Å²) < 4.78 is 0. The Labute approximate surface area is 119 Å². The van der Waals surface area contributed by atoms with Gasteiger partial charge in [-0.3, -0.25) is 0 Å². The Morgan fingerprint density at radius 3 is 2.60 bits per heavy atom. The first-order chi connectivity index (χ1) is 9.83. The largest absolute Gasteiger partial charge is 0.0766 e. The highest BCUT2D eigenvalue weighted by atomic mass is 14.2. The van der Waals surface area contributed by atoms with Crippen molar-refractivity contribution in [2.45, 2.75) is 13.3 Å². The van der Waals surface area contributed by atoms with Crippen molar-refractivity contribution < 1.29 is 0 Å². The molecule has 0 saturated carbocycles. The average Bonchev–Trinajstić information content (AvgIpc) is 2.88. The first kappa shape index (κ1) is 11.5. The Hall–Kier alpha value is -2.34.